The average molecular weight is 276 g/mol. The van der Waals surface area contributed by atoms with E-state index in [1.165, 1.54) is 4.88 Å². The van der Waals surface area contributed by atoms with Crippen molar-refractivity contribution in [3.05, 3.63) is 16.3 Å². The fourth-order valence-corrected chi connectivity index (χ4v) is 3.50. The number of fused-ring (bicyclic) bond motifs is 1. The number of nitrogens with two attached hydrogens (primary N) is 1. The number of anilines is 1. The predicted octanol–water partition coefficient (Wildman–Crippen LogP) is 2.01. The maximum Gasteiger partial charge on any atom is 0.223 e. The lowest BCUT2D eigenvalue weighted by molar-refractivity contribution is -0.128. The first kappa shape index (κ1) is 12.3. The van der Waals surface area contributed by atoms with Crippen LogP contribution in [0, 0.1) is 13.8 Å². The van der Waals surface area contributed by atoms with Crippen LogP contribution in [0.2, 0.25) is 0 Å². The molecule has 0 radical (unpaired) electrons. The van der Waals surface area contributed by atoms with Crippen LogP contribution in [0.4, 0.5) is 5.82 Å². The van der Waals surface area contributed by atoms with Crippen molar-refractivity contribution in [3.8, 4) is 0 Å². The molecule has 0 saturated carbocycles. The number of nitrogens with zero attached hydrogens (tertiary/aromatic N) is 3. The summed E-state index contributed by atoms with van der Waals surface area (Å²) in [6.45, 7) is 5.36. The molecular weight excluding hydrogens is 260 g/mol. The van der Waals surface area contributed by atoms with Crippen LogP contribution in [-0.2, 0) is 11.3 Å². The molecule has 0 spiro atoms. The van der Waals surface area contributed by atoms with Gasteiger partial charge in [0.25, 0.3) is 0 Å². The molecule has 0 aliphatic carbocycles. The number of thiophene rings is 1. The van der Waals surface area contributed by atoms with Gasteiger partial charge in [0.15, 0.2) is 5.82 Å². The lowest BCUT2D eigenvalue weighted by atomic mass is 10.2. The van der Waals surface area contributed by atoms with Crippen molar-refractivity contribution in [2.45, 2.75) is 33.2 Å². The Hall–Kier alpha value is -1.69. The normalized spacial score (nSPS) is 15.7. The van der Waals surface area contributed by atoms with Gasteiger partial charge in [-0.15, -0.1) is 11.3 Å². The second-order valence-electron chi connectivity index (χ2n) is 4.91. The second kappa shape index (κ2) is 4.45. The summed E-state index contributed by atoms with van der Waals surface area (Å²) in [7, 11) is 0. The third-order valence-corrected chi connectivity index (χ3v) is 4.71. The topological polar surface area (TPSA) is 72.1 Å². The quantitative estimate of drug-likeness (QED) is 0.910. The van der Waals surface area contributed by atoms with Crippen molar-refractivity contribution < 1.29 is 4.79 Å². The first-order valence-electron chi connectivity index (χ1n) is 6.36. The van der Waals surface area contributed by atoms with E-state index in [-0.39, 0.29) is 5.91 Å². The Balaban J connectivity index is 1.99. The van der Waals surface area contributed by atoms with Gasteiger partial charge in [-0.2, -0.15) is 0 Å². The lowest BCUT2D eigenvalue weighted by Crippen LogP contribution is -2.25. The highest BCUT2D eigenvalue weighted by Gasteiger charge is 2.22. The molecule has 1 amide bonds. The van der Waals surface area contributed by atoms with Crippen molar-refractivity contribution in [1.82, 2.24) is 14.9 Å². The molecule has 2 aromatic heterocycles. The summed E-state index contributed by atoms with van der Waals surface area (Å²) in [5, 5.41) is 0.957. The van der Waals surface area contributed by atoms with Gasteiger partial charge >= 0.3 is 0 Å². The first-order chi connectivity index (χ1) is 9.06. The van der Waals surface area contributed by atoms with E-state index < -0.39 is 0 Å². The Morgan fingerprint density at radius 1 is 1.37 bits per heavy atom. The maximum atomic E-state index is 11.6. The molecule has 100 valence electrons. The first-order valence-corrected chi connectivity index (χ1v) is 7.18. The molecule has 1 aliphatic rings. The molecule has 0 bridgehead atoms. The van der Waals surface area contributed by atoms with Gasteiger partial charge in [-0.25, -0.2) is 9.97 Å². The van der Waals surface area contributed by atoms with Crippen molar-refractivity contribution in [2.75, 3.05) is 12.3 Å². The standard InChI is InChI=1S/C13H16N4OS/c1-7-8(2)19-13-11(7)12(14)15-9(16-13)6-17-5-3-4-10(17)18/h3-6H2,1-2H3,(H2,14,15,16). The number of aromatic nitrogens is 2. The lowest BCUT2D eigenvalue weighted by Gasteiger charge is -2.14. The van der Waals surface area contributed by atoms with Gasteiger partial charge in [-0.1, -0.05) is 0 Å². The van der Waals surface area contributed by atoms with E-state index >= 15 is 0 Å². The molecule has 2 aromatic rings. The monoisotopic (exact) mass is 276 g/mol. The minimum absolute atomic E-state index is 0.181. The predicted molar refractivity (Wildman–Crippen MR) is 76.0 cm³/mol. The fraction of sp³-hybridized carbons (Fsp3) is 0.462. The third kappa shape index (κ3) is 2.06. The van der Waals surface area contributed by atoms with Crippen LogP contribution in [0.15, 0.2) is 0 Å². The number of hydrogen-bond donors (Lipinski definition) is 1. The second-order valence-corrected chi connectivity index (χ2v) is 6.11. The SMILES string of the molecule is Cc1sc2nc(CN3CCCC3=O)nc(N)c2c1C. The zero-order valence-corrected chi connectivity index (χ0v) is 11.9. The third-order valence-electron chi connectivity index (χ3n) is 3.61. The molecular formula is C13H16N4OS. The van der Waals surface area contributed by atoms with Crippen LogP contribution >= 0.6 is 11.3 Å². The van der Waals surface area contributed by atoms with Gasteiger partial charge in [0, 0.05) is 17.8 Å². The van der Waals surface area contributed by atoms with Crippen LogP contribution in [0.1, 0.15) is 29.1 Å². The van der Waals surface area contributed by atoms with E-state index in [1.807, 2.05) is 6.92 Å². The number of aryl methyl sites for hydroxylation is 2. The van der Waals surface area contributed by atoms with E-state index in [1.54, 1.807) is 16.2 Å². The van der Waals surface area contributed by atoms with Gasteiger partial charge in [0.05, 0.1) is 11.9 Å². The van der Waals surface area contributed by atoms with Gasteiger partial charge in [0.2, 0.25) is 5.91 Å². The summed E-state index contributed by atoms with van der Waals surface area (Å²) in [6, 6.07) is 0. The van der Waals surface area contributed by atoms with Crippen LogP contribution in [0.25, 0.3) is 10.2 Å². The highest BCUT2D eigenvalue weighted by Crippen LogP contribution is 2.32. The minimum Gasteiger partial charge on any atom is -0.383 e. The van der Waals surface area contributed by atoms with E-state index in [4.69, 9.17) is 5.73 Å². The number of hydrogen-bond acceptors (Lipinski definition) is 5. The number of likely N-dealkylation sites (tertiary alicyclic amines) is 1. The molecule has 6 heteroatoms. The molecule has 3 rings (SSSR count). The number of nitrogen functional groups attached to an aromatic ring is 1. The Morgan fingerprint density at radius 3 is 2.84 bits per heavy atom. The molecule has 3 heterocycles. The van der Waals surface area contributed by atoms with Gasteiger partial charge in [-0.05, 0) is 25.8 Å². The highest BCUT2D eigenvalue weighted by atomic mass is 32.1. The van der Waals surface area contributed by atoms with Gasteiger partial charge in [0.1, 0.15) is 10.6 Å². The highest BCUT2D eigenvalue weighted by molar-refractivity contribution is 7.18. The summed E-state index contributed by atoms with van der Waals surface area (Å²) >= 11 is 1.63. The summed E-state index contributed by atoms with van der Waals surface area (Å²) in [4.78, 5) is 24.5. The summed E-state index contributed by atoms with van der Waals surface area (Å²) in [6.07, 6.45) is 1.56. The van der Waals surface area contributed by atoms with Crippen LogP contribution in [0.3, 0.4) is 0 Å². The van der Waals surface area contributed by atoms with Crippen molar-refractivity contribution >= 4 is 33.3 Å². The molecule has 0 unspecified atom stereocenters. The summed E-state index contributed by atoms with van der Waals surface area (Å²) < 4.78 is 0. The smallest absolute Gasteiger partial charge is 0.223 e. The number of rotatable bonds is 2. The van der Waals surface area contributed by atoms with E-state index in [0.29, 0.717) is 24.6 Å². The van der Waals surface area contributed by atoms with E-state index in [9.17, 15) is 4.79 Å². The number of carbonyl (C=O) groups excluding carboxylic acids is 1. The number of carbonyl (C=O) groups is 1. The number of amides is 1. The molecule has 0 aromatic carbocycles. The zero-order valence-electron chi connectivity index (χ0n) is 11.1. The minimum atomic E-state index is 0.181. The molecule has 1 aliphatic heterocycles. The largest absolute Gasteiger partial charge is 0.383 e. The molecule has 2 N–H and O–H groups in total. The van der Waals surface area contributed by atoms with Crippen LogP contribution < -0.4 is 5.73 Å². The fourth-order valence-electron chi connectivity index (χ4n) is 2.44. The van der Waals surface area contributed by atoms with E-state index in [0.717, 1.165) is 28.7 Å². The van der Waals surface area contributed by atoms with E-state index in [2.05, 4.69) is 16.9 Å². The van der Waals surface area contributed by atoms with Crippen LogP contribution in [0.5, 0.6) is 0 Å². The molecule has 0 atom stereocenters. The van der Waals surface area contributed by atoms with Gasteiger partial charge < -0.3 is 10.6 Å². The maximum absolute atomic E-state index is 11.6. The van der Waals surface area contributed by atoms with Gasteiger partial charge in [-0.3, -0.25) is 4.79 Å². The summed E-state index contributed by atoms with van der Waals surface area (Å²) in [5.74, 6) is 1.34. The Kier molecular flexibility index (Phi) is 2.89. The van der Waals surface area contributed by atoms with Crippen molar-refractivity contribution in [3.63, 3.8) is 0 Å². The Morgan fingerprint density at radius 2 is 2.16 bits per heavy atom. The Bertz CT molecular complexity index is 664. The molecule has 19 heavy (non-hydrogen) atoms. The van der Waals surface area contributed by atoms with Crippen LogP contribution in [-0.4, -0.2) is 27.3 Å². The molecule has 1 saturated heterocycles. The van der Waals surface area contributed by atoms with Crippen molar-refractivity contribution in [1.29, 1.82) is 0 Å². The average Bonchev–Trinajstić information content (AvgIpc) is 2.85. The summed E-state index contributed by atoms with van der Waals surface area (Å²) in [5.41, 5.74) is 7.19. The molecule has 5 nitrogen and oxygen atoms in total. The Labute approximate surface area is 115 Å². The molecule has 1 fully saturated rings. The van der Waals surface area contributed by atoms with Crippen molar-refractivity contribution in [2.24, 2.45) is 0 Å². The zero-order chi connectivity index (χ0) is 13.6.